The van der Waals surface area contributed by atoms with Crippen LogP contribution in [-0.2, 0) is 6.54 Å². The lowest BCUT2D eigenvalue weighted by atomic mass is 10.1. The van der Waals surface area contributed by atoms with Crippen LogP contribution in [0.15, 0.2) is 40.8 Å². The summed E-state index contributed by atoms with van der Waals surface area (Å²) in [5, 5.41) is 3.02. The summed E-state index contributed by atoms with van der Waals surface area (Å²) in [6.45, 7) is 7.48. The zero-order valence-corrected chi connectivity index (χ0v) is 15.8. The number of furan rings is 1. The second kappa shape index (κ2) is 7.68. The molecule has 5 heteroatoms. The van der Waals surface area contributed by atoms with Gasteiger partial charge in [-0.05, 0) is 37.0 Å². The summed E-state index contributed by atoms with van der Waals surface area (Å²) in [5.41, 5.74) is 3.40. The molecule has 2 heterocycles. The maximum Gasteiger partial charge on any atom is 0.268 e. The van der Waals surface area contributed by atoms with Crippen LogP contribution in [0, 0.1) is 12.8 Å². The molecule has 26 heavy (non-hydrogen) atoms. The third-order valence-electron chi connectivity index (χ3n) is 4.45. The number of amides is 1. The normalized spacial score (nSPS) is 11.3. The summed E-state index contributed by atoms with van der Waals surface area (Å²) in [6.07, 6.45) is 0.958. The topological polar surface area (TPSA) is 56.4 Å². The smallest absolute Gasteiger partial charge is 0.268 e. The van der Waals surface area contributed by atoms with E-state index in [-0.39, 0.29) is 5.91 Å². The maximum absolute atomic E-state index is 12.7. The van der Waals surface area contributed by atoms with Gasteiger partial charge >= 0.3 is 0 Å². The fourth-order valence-electron chi connectivity index (χ4n) is 3.00. The summed E-state index contributed by atoms with van der Waals surface area (Å²) in [7, 11) is 1.65. The van der Waals surface area contributed by atoms with Crippen LogP contribution < -0.4 is 10.1 Å². The van der Waals surface area contributed by atoms with Crippen molar-refractivity contribution in [2.45, 2.75) is 33.7 Å². The average molecular weight is 354 g/mol. The van der Waals surface area contributed by atoms with Gasteiger partial charge in [-0.3, -0.25) is 4.79 Å². The SMILES string of the molecule is COc1ccc(Cn2c(C(=O)NCCC(C)C)cc3oc(C)cc32)cc1. The first-order chi connectivity index (χ1) is 12.5. The molecule has 0 aliphatic rings. The van der Waals surface area contributed by atoms with E-state index in [1.165, 1.54) is 0 Å². The van der Waals surface area contributed by atoms with Gasteiger partial charge in [0.05, 0.1) is 12.6 Å². The number of carbonyl (C=O) groups excluding carboxylic acids is 1. The van der Waals surface area contributed by atoms with Gasteiger partial charge in [0.25, 0.3) is 5.91 Å². The third-order valence-corrected chi connectivity index (χ3v) is 4.45. The number of nitrogens with one attached hydrogen (secondary N) is 1. The predicted molar refractivity (Wildman–Crippen MR) is 103 cm³/mol. The molecular formula is C21H26N2O3. The Morgan fingerprint density at radius 2 is 1.96 bits per heavy atom. The zero-order valence-electron chi connectivity index (χ0n) is 15.8. The van der Waals surface area contributed by atoms with Crippen LogP contribution in [0.2, 0.25) is 0 Å². The van der Waals surface area contributed by atoms with E-state index < -0.39 is 0 Å². The van der Waals surface area contributed by atoms with Crippen LogP contribution >= 0.6 is 0 Å². The third kappa shape index (κ3) is 3.93. The molecule has 3 aromatic rings. The lowest BCUT2D eigenvalue weighted by Crippen LogP contribution is -2.27. The standard InChI is InChI=1S/C21H26N2O3/c1-14(2)9-10-22-21(24)19-12-20-18(11-15(3)26-20)23(19)13-16-5-7-17(25-4)8-6-16/h5-8,11-12,14H,9-10,13H2,1-4H3,(H,22,24). The molecule has 0 bridgehead atoms. The fourth-order valence-corrected chi connectivity index (χ4v) is 3.00. The number of aryl methyl sites for hydroxylation is 1. The number of hydrogen-bond acceptors (Lipinski definition) is 3. The molecule has 0 aliphatic heterocycles. The Hall–Kier alpha value is -2.69. The van der Waals surface area contributed by atoms with Crippen molar-refractivity contribution in [3.63, 3.8) is 0 Å². The molecule has 0 radical (unpaired) electrons. The van der Waals surface area contributed by atoms with Gasteiger partial charge < -0.3 is 19.0 Å². The quantitative estimate of drug-likeness (QED) is 0.685. The van der Waals surface area contributed by atoms with Crippen LogP contribution in [0.5, 0.6) is 5.75 Å². The van der Waals surface area contributed by atoms with Crippen molar-refractivity contribution in [1.82, 2.24) is 9.88 Å². The Balaban J connectivity index is 1.89. The highest BCUT2D eigenvalue weighted by Gasteiger charge is 2.18. The number of carbonyl (C=O) groups is 1. The van der Waals surface area contributed by atoms with Crippen molar-refractivity contribution in [3.8, 4) is 5.75 Å². The average Bonchev–Trinajstić information content (AvgIpc) is 3.12. The minimum atomic E-state index is -0.0665. The lowest BCUT2D eigenvalue weighted by molar-refractivity contribution is 0.0943. The minimum absolute atomic E-state index is 0.0665. The second-order valence-corrected chi connectivity index (χ2v) is 7.01. The molecule has 138 valence electrons. The Kier molecular flexibility index (Phi) is 5.35. The highest BCUT2D eigenvalue weighted by Crippen LogP contribution is 2.25. The summed E-state index contributed by atoms with van der Waals surface area (Å²) in [6, 6.07) is 11.7. The highest BCUT2D eigenvalue weighted by atomic mass is 16.5. The molecule has 0 atom stereocenters. The van der Waals surface area contributed by atoms with E-state index in [1.807, 2.05) is 47.9 Å². The maximum atomic E-state index is 12.7. The molecule has 0 spiro atoms. The van der Waals surface area contributed by atoms with E-state index in [4.69, 9.17) is 9.15 Å². The van der Waals surface area contributed by atoms with Crippen LogP contribution in [0.4, 0.5) is 0 Å². The van der Waals surface area contributed by atoms with Crippen molar-refractivity contribution in [1.29, 1.82) is 0 Å². The number of hydrogen-bond donors (Lipinski definition) is 1. The number of rotatable bonds is 7. The minimum Gasteiger partial charge on any atom is -0.497 e. The van der Waals surface area contributed by atoms with Gasteiger partial charge in [-0.15, -0.1) is 0 Å². The Labute approximate surface area is 153 Å². The number of benzene rings is 1. The van der Waals surface area contributed by atoms with E-state index in [1.54, 1.807) is 7.11 Å². The first-order valence-electron chi connectivity index (χ1n) is 8.98. The van der Waals surface area contributed by atoms with Gasteiger partial charge in [0.2, 0.25) is 0 Å². The number of ether oxygens (including phenoxy) is 1. The Morgan fingerprint density at radius 1 is 1.23 bits per heavy atom. The van der Waals surface area contributed by atoms with Gasteiger partial charge in [-0.2, -0.15) is 0 Å². The molecule has 3 rings (SSSR count). The summed E-state index contributed by atoms with van der Waals surface area (Å²) >= 11 is 0. The molecule has 0 fully saturated rings. The lowest BCUT2D eigenvalue weighted by Gasteiger charge is -2.12. The van der Waals surface area contributed by atoms with Gasteiger partial charge in [0.15, 0.2) is 5.58 Å². The number of fused-ring (bicyclic) bond motifs is 1. The van der Waals surface area contributed by atoms with Crippen molar-refractivity contribution < 1.29 is 13.9 Å². The highest BCUT2D eigenvalue weighted by molar-refractivity contribution is 5.97. The number of nitrogens with zero attached hydrogens (tertiary/aromatic N) is 1. The molecule has 0 saturated carbocycles. The summed E-state index contributed by atoms with van der Waals surface area (Å²) in [5.74, 6) is 2.14. The molecule has 1 aromatic carbocycles. The van der Waals surface area contributed by atoms with Crippen LogP contribution in [-0.4, -0.2) is 24.1 Å². The molecule has 5 nitrogen and oxygen atoms in total. The Morgan fingerprint density at radius 3 is 2.62 bits per heavy atom. The van der Waals surface area contributed by atoms with Crippen molar-refractivity contribution in [2.24, 2.45) is 5.92 Å². The van der Waals surface area contributed by atoms with Crippen LogP contribution in [0.3, 0.4) is 0 Å². The molecule has 2 aromatic heterocycles. The summed E-state index contributed by atoms with van der Waals surface area (Å²) < 4.78 is 13.0. The molecular weight excluding hydrogens is 328 g/mol. The summed E-state index contributed by atoms with van der Waals surface area (Å²) in [4.78, 5) is 12.7. The number of methoxy groups -OCH3 is 1. The van der Waals surface area contributed by atoms with Crippen molar-refractivity contribution in [2.75, 3.05) is 13.7 Å². The molecule has 1 amide bonds. The van der Waals surface area contributed by atoms with Crippen LogP contribution in [0.25, 0.3) is 11.1 Å². The first kappa shape index (κ1) is 18.1. The van der Waals surface area contributed by atoms with Gasteiger partial charge in [-0.1, -0.05) is 26.0 Å². The monoisotopic (exact) mass is 354 g/mol. The van der Waals surface area contributed by atoms with Crippen LogP contribution in [0.1, 0.15) is 42.1 Å². The van der Waals surface area contributed by atoms with Gasteiger partial charge in [0, 0.05) is 25.2 Å². The van der Waals surface area contributed by atoms with Crippen molar-refractivity contribution in [3.05, 3.63) is 53.4 Å². The first-order valence-corrected chi connectivity index (χ1v) is 8.98. The fraction of sp³-hybridized carbons (Fsp3) is 0.381. The molecule has 1 N–H and O–H groups in total. The van der Waals surface area contributed by atoms with E-state index in [0.717, 1.165) is 34.6 Å². The molecule has 0 unspecified atom stereocenters. The van der Waals surface area contributed by atoms with E-state index in [9.17, 15) is 4.79 Å². The predicted octanol–water partition coefficient (Wildman–Crippen LogP) is 4.38. The van der Waals surface area contributed by atoms with Crippen molar-refractivity contribution >= 4 is 17.0 Å². The largest absolute Gasteiger partial charge is 0.497 e. The zero-order chi connectivity index (χ0) is 18.7. The molecule has 0 saturated heterocycles. The second-order valence-electron chi connectivity index (χ2n) is 7.01. The Bertz CT molecular complexity index is 888. The van der Waals surface area contributed by atoms with Gasteiger partial charge in [-0.25, -0.2) is 0 Å². The molecule has 0 aliphatic carbocycles. The number of aromatic nitrogens is 1. The van der Waals surface area contributed by atoms with E-state index in [2.05, 4.69) is 19.2 Å². The van der Waals surface area contributed by atoms with E-state index in [0.29, 0.717) is 24.7 Å². The van der Waals surface area contributed by atoms with Gasteiger partial charge in [0.1, 0.15) is 17.2 Å². The van der Waals surface area contributed by atoms with E-state index >= 15 is 0 Å².